The molecule has 0 aliphatic rings. The molecule has 300 valence electrons. The SMILES string of the molecule is c1ccc(-n2c3ccccc3c3c(-c4ccccc4-c4ccc(N(c5ccc(-c6cccc7ccccc67)cc5)c5ccc(-c6cccc7ccccc67)cc5)cc4)cccc32)cc1. The van der Waals surface area contributed by atoms with Gasteiger partial charge in [-0.3, -0.25) is 0 Å². The zero-order valence-corrected chi connectivity index (χ0v) is 35.1. The van der Waals surface area contributed by atoms with Crippen LogP contribution in [0, 0.1) is 0 Å². The van der Waals surface area contributed by atoms with Crippen LogP contribution >= 0.6 is 0 Å². The van der Waals surface area contributed by atoms with E-state index in [0.717, 1.165) is 22.7 Å². The molecule has 1 aromatic heterocycles. The number of hydrogen-bond acceptors (Lipinski definition) is 1. The average molecular weight is 815 g/mol. The zero-order chi connectivity index (χ0) is 42.4. The Morgan fingerprint density at radius 1 is 0.250 bits per heavy atom. The zero-order valence-electron chi connectivity index (χ0n) is 35.1. The Bertz CT molecular complexity index is 3500. The lowest BCUT2D eigenvalue weighted by atomic mass is 9.92. The molecule has 0 aliphatic carbocycles. The van der Waals surface area contributed by atoms with Crippen molar-refractivity contribution in [2.24, 2.45) is 0 Å². The summed E-state index contributed by atoms with van der Waals surface area (Å²) in [6, 6.07) is 92.6. The van der Waals surface area contributed by atoms with Gasteiger partial charge in [-0.1, -0.05) is 194 Å². The van der Waals surface area contributed by atoms with Gasteiger partial charge in [0.05, 0.1) is 11.0 Å². The Balaban J connectivity index is 0.958. The highest BCUT2D eigenvalue weighted by Crippen LogP contribution is 2.43. The third kappa shape index (κ3) is 6.44. The fourth-order valence-electron chi connectivity index (χ4n) is 9.84. The Kier molecular flexibility index (Phi) is 9.20. The number of para-hydroxylation sites is 2. The second-order valence-electron chi connectivity index (χ2n) is 16.5. The Labute approximate surface area is 373 Å². The van der Waals surface area contributed by atoms with E-state index in [1.807, 2.05) is 0 Å². The molecule has 0 N–H and O–H groups in total. The van der Waals surface area contributed by atoms with E-state index in [4.69, 9.17) is 0 Å². The average Bonchev–Trinajstić information content (AvgIpc) is 3.72. The van der Waals surface area contributed by atoms with Gasteiger partial charge in [0.2, 0.25) is 0 Å². The van der Waals surface area contributed by atoms with E-state index < -0.39 is 0 Å². The molecule has 0 fully saturated rings. The van der Waals surface area contributed by atoms with Crippen LogP contribution < -0.4 is 4.90 Å². The minimum Gasteiger partial charge on any atom is -0.311 e. The molecule has 0 amide bonds. The second-order valence-corrected chi connectivity index (χ2v) is 16.5. The maximum Gasteiger partial charge on any atom is 0.0547 e. The first-order chi connectivity index (χ1) is 31.8. The lowest BCUT2D eigenvalue weighted by molar-refractivity contribution is 1.18. The Morgan fingerprint density at radius 2 is 0.641 bits per heavy atom. The fraction of sp³-hybridized carbons (Fsp3) is 0. The van der Waals surface area contributed by atoms with Gasteiger partial charge >= 0.3 is 0 Å². The molecule has 0 aliphatic heterocycles. The van der Waals surface area contributed by atoms with Crippen LogP contribution in [0.3, 0.4) is 0 Å². The molecule has 0 spiro atoms. The highest BCUT2D eigenvalue weighted by atomic mass is 15.1. The molecule has 11 aromatic carbocycles. The van der Waals surface area contributed by atoms with E-state index in [9.17, 15) is 0 Å². The van der Waals surface area contributed by atoms with Crippen molar-refractivity contribution in [1.82, 2.24) is 4.57 Å². The van der Waals surface area contributed by atoms with Crippen molar-refractivity contribution in [3.8, 4) is 50.2 Å². The van der Waals surface area contributed by atoms with Gasteiger partial charge in [-0.15, -0.1) is 0 Å². The molecular weight excluding hydrogens is 773 g/mol. The predicted molar refractivity (Wildman–Crippen MR) is 272 cm³/mol. The molecule has 64 heavy (non-hydrogen) atoms. The maximum atomic E-state index is 2.39. The number of aromatic nitrogens is 1. The van der Waals surface area contributed by atoms with Crippen molar-refractivity contribution in [3.05, 3.63) is 255 Å². The third-order valence-corrected chi connectivity index (χ3v) is 12.8. The van der Waals surface area contributed by atoms with E-state index in [-0.39, 0.29) is 0 Å². The summed E-state index contributed by atoms with van der Waals surface area (Å²) in [5, 5.41) is 7.51. The van der Waals surface area contributed by atoms with Crippen LogP contribution in [-0.2, 0) is 0 Å². The van der Waals surface area contributed by atoms with Crippen molar-refractivity contribution in [2.45, 2.75) is 0 Å². The summed E-state index contributed by atoms with van der Waals surface area (Å²) >= 11 is 0. The first-order valence-corrected chi connectivity index (χ1v) is 22.0. The van der Waals surface area contributed by atoms with E-state index >= 15 is 0 Å². The molecular formula is C62H42N2. The molecule has 1 heterocycles. The van der Waals surface area contributed by atoms with Crippen LogP contribution in [0.4, 0.5) is 17.1 Å². The number of benzene rings is 11. The number of fused-ring (bicyclic) bond motifs is 5. The monoisotopic (exact) mass is 814 g/mol. The normalized spacial score (nSPS) is 11.4. The molecule has 0 atom stereocenters. The molecule has 2 heteroatoms. The van der Waals surface area contributed by atoms with Gasteiger partial charge in [0.15, 0.2) is 0 Å². The first kappa shape index (κ1) is 37.3. The number of hydrogen-bond donors (Lipinski definition) is 0. The number of anilines is 3. The van der Waals surface area contributed by atoms with Crippen LogP contribution in [-0.4, -0.2) is 4.57 Å². The second kappa shape index (κ2) is 15.8. The van der Waals surface area contributed by atoms with Gasteiger partial charge in [-0.25, -0.2) is 0 Å². The number of rotatable bonds is 8. The lowest BCUT2D eigenvalue weighted by Gasteiger charge is -2.26. The van der Waals surface area contributed by atoms with Crippen LogP contribution in [0.1, 0.15) is 0 Å². The van der Waals surface area contributed by atoms with E-state index in [0.29, 0.717) is 0 Å². The van der Waals surface area contributed by atoms with Crippen LogP contribution in [0.15, 0.2) is 255 Å². The van der Waals surface area contributed by atoms with Crippen molar-refractivity contribution in [3.63, 3.8) is 0 Å². The van der Waals surface area contributed by atoms with Crippen molar-refractivity contribution in [2.75, 3.05) is 4.90 Å². The first-order valence-electron chi connectivity index (χ1n) is 22.0. The maximum absolute atomic E-state index is 2.39. The molecule has 0 saturated carbocycles. The summed E-state index contributed by atoms with van der Waals surface area (Å²) in [5.74, 6) is 0. The van der Waals surface area contributed by atoms with Gasteiger partial charge in [-0.05, 0) is 127 Å². The smallest absolute Gasteiger partial charge is 0.0547 e. The predicted octanol–water partition coefficient (Wildman–Crippen LogP) is 17.2. The summed E-state index contributed by atoms with van der Waals surface area (Å²) in [6.07, 6.45) is 0. The van der Waals surface area contributed by atoms with Gasteiger partial charge in [0.1, 0.15) is 0 Å². The highest BCUT2D eigenvalue weighted by molar-refractivity contribution is 6.16. The molecule has 0 saturated heterocycles. The molecule has 0 unspecified atom stereocenters. The quantitative estimate of drug-likeness (QED) is 0.148. The summed E-state index contributed by atoms with van der Waals surface area (Å²) in [5.41, 5.74) is 16.5. The van der Waals surface area contributed by atoms with Gasteiger partial charge in [0, 0.05) is 33.5 Å². The minimum atomic E-state index is 1.09. The number of nitrogens with zero attached hydrogens (tertiary/aromatic N) is 2. The molecule has 0 bridgehead atoms. The van der Waals surface area contributed by atoms with Crippen molar-refractivity contribution < 1.29 is 0 Å². The lowest BCUT2D eigenvalue weighted by Crippen LogP contribution is -2.09. The molecule has 2 nitrogen and oxygen atoms in total. The molecule has 0 radical (unpaired) electrons. The van der Waals surface area contributed by atoms with Crippen LogP contribution in [0.2, 0.25) is 0 Å². The van der Waals surface area contributed by atoms with E-state index in [2.05, 4.69) is 264 Å². The van der Waals surface area contributed by atoms with Gasteiger partial charge in [0.25, 0.3) is 0 Å². The Morgan fingerprint density at radius 3 is 1.22 bits per heavy atom. The van der Waals surface area contributed by atoms with Gasteiger partial charge < -0.3 is 9.47 Å². The topological polar surface area (TPSA) is 8.17 Å². The summed E-state index contributed by atoms with van der Waals surface area (Å²) in [7, 11) is 0. The fourth-order valence-corrected chi connectivity index (χ4v) is 9.84. The molecule has 12 rings (SSSR count). The summed E-state index contributed by atoms with van der Waals surface area (Å²) in [4.78, 5) is 2.37. The summed E-state index contributed by atoms with van der Waals surface area (Å²) < 4.78 is 2.39. The van der Waals surface area contributed by atoms with Crippen molar-refractivity contribution >= 4 is 60.4 Å². The van der Waals surface area contributed by atoms with Crippen molar-refractivity contribution in [1.29, 1.82) is 0 Å². The largest absolute Gasteiger partial charge is 0.311 e. The Hall–Kier alpha value is -8.46. The molecule has 12 aromatic rings. The van der Waals surface area contributed by atoms with E-state index in [1.165, 1.54) is 87.9 Å². The highest BCUT2D eigenvalue weighted by Gasteiger charge is 2.19. The van der Waals surface area contributed by atoms with Gasteiger partial charge in [-0.2, -0.15) is 0 Å². The third-order valence-electron chi connectivity index (χ3n) is 12.8. The van der Waals surface area contributed by atoms with Crippen LogP contribution in [0.5, 0.6) is 0 Å². The minimum absolute atomic E-state index is 1.09. The summed E-state index contributed by atoms with van der Waals surface area (Å²) in [6.45, 7) is 0. The van der Waals surface area contributed by atoms with Crippen LogP contribution in [0.25, 0.3) is 93.5 Å². The standard InChI is InChI=1S/C62H42N2/c1-2-19-48(20-3-1)64-60-29-11-10-25-59(60)62-58(28-14-30-61(62)64)57-24-9-8-23-56(57)47-35-41-51(42-36-47)63(49-37-31-45(32-38-49)54-26-12-17-43-15-4-6-21-52(43)54)50-39-33-46(34-40-50)55-27-13-18-44-16-5-7-22-53(44)55/h1-42H. The van der Waals surface area contributed by atoms with E-state index in [1.54, 1.807) is 0 Å².